The molecule has 0 bridgehead atoms. The molecule has 3 nitrogen and oxygen atoms in total. The van der Waals surface area contributed by atoms with Gasteiger partial charge in [0.2, 0.25) is 0 Å². The quantitative estimate of drug-likeness (QED) is 0.649. The summed E-state index contributed by atoms with van der Waals surface area (Å²) in [6, 6.07) is 10.8. The second-order valence-corrected chi connectivity index (χ2v) is 2.76. The van der Waals surface area contributed by atoms with Crippen LogP contribution in [-0.4, -0.2) is 4.98 Å². The van der Waals surface area contributed by atoms with Crippen LogP contribution in [0.5, 0.6) is 0 Å². The summed E-state index contributed by atoms with van der Waals surface area (Å²) in [5.74, 6) is 0. The SMILES string of the molecule is Nc1ccc2ccccc2nc1=O. The molecule has 0 radical (unpaired) electrons. The third-order valence-electron chi connectivity index (χ3n) is 1.85. The Kier molecular flexibility index (Phi) is 1.70. The van der Waals surface area contributed by atoms with Gasteiger partial charge >= 0.3 is 0 Å². The van der Waals surface area contributed by atoms with Crippen molar-refractivity contribution in [2.45, 2.75) is 0 Å². The maximum atomic E-state index is 11.2. The Bertz CT molecular complexity index is 508. The van der Waals surface area contributed by atoms with Gasteiger partial charge in [-0.1, -0.05) is 24.3 Å². The van der Waals surface area contributed by atoms with Crippen LogP contribution in [0.2, 0.25) is 0 Å². The molecule has 3 heteroatoms. The van der Waals surface area contributed by atoms with E-state index in [-0.39, 0.29) is 11.2 Å². The molecule has 0 atom stereocenters. The van der Waals surface area contributed by atoms with Gasteiger partial charge in [-0.15, -0.1) is 0 Å². The topological polar surface area (TPSA) is 56.0 Å². The monoisotopic (exact) mass is 172 g/mol. The molecule has 0 unspecified atom stereocenters. The standard InChI is InChI=1S/C10H8N2O/c11-8-6-5-7-3-1-2-4-9(7)12-10(8)13/h1-6H,(H2,11,12,13). The van der Waals surface area contributed by atoms with Crippen LogP contribution in [-0.2, 0) is 0 Å². The zero-order chi connectivity index (χ0) is 9.26. The highest BCUT2D eigenvalue weighted by Crippen LogP contribution is 2.07. The van der Waals surface area contributed by atoms with Crippen LogP contribution in [0.15, 0.2) is 41.2 Å². The van der Waals surface area contributed by atoms with Crippen molar-refractivity contribution in [3.63, 3.8) is 0 Å². The van der Waals surface area contributed by atoms with Gasteiger partial charge in [-0.25, -0.2) is 4.98 Å². The van der Waals surface area contributed by atoms with E-state index < -0.39 is 0 Å². The highest BCUT2D eigenvalue weighted by atomic mass is 16.1. The average Bonchev–Trinajstić information content (AvgIpc) is 2.28. The number of anilines is 1. The Labute approximate surface area is 74.8 Å². The summed E-state index contributed by atoms with van der Waals surface area (Å²) >= 11 is 0. The van der Waals surface area contributed by atoms with Crippen LogP contribution in [0.25, 0.3) is 10.9 Å². The smallest absolute Gasteiger partial charge is 0.293 e. The molecule has 2 rings (SSSR count). The van der Waals surface area contributed by atoms with E-state index in [0.717, 1.165) is 5.39 Å². The maximum absolute atomic E-state index is 11.2. The molecule has 2 aromatic rings. The zero-order valence-electron chi connectivity index (χ0n) is 6.90. The van der Waals surface area contributed by atoms with E-state index in [0.29, 0.717) is 5.52 Å². The van der Waals surface area contributed by atoms with E-state index in [1.165, 1.54) is 0 Å². The van der Waals surface area contributed by atoms with Gasteiger partial charge in [-0.3, -0.25) is 4.79 Å². The summed E-state index contributed by atoms with van der Waals surface area (Å²) in [4.78, 5) is 15.1. The fourth-order valence-corrected chi connectivity index (χ4v) is 1.16. The summed E-state index contributed by atoms with van der Waals surface area (Å²) in [5, 5.41) is 0.913. The molecular weight excluding hydrogens is 164 g/mol. The first-order valence-electron chi connectivity index (χ1n) is 3.93. The minimum Gasteiger partial charge on any atom is -0.394 e. The van der Waals surface area contributed by atoms with Gasteiger partial charge in [-0.2, -0.15) is 0 Å². The Morgan fingerprint density at radius 3 is 2.69 bits per heavy atom. The first-order valence-corrected chi connectivity index (χ1v) is 3.93. The van der Waals surface area contributed by atoms with Crippen LogP contribution >= 0.6 is 0 Å². The number of aromatic nitrogens is 1. The predicted molar refractivity (Wildman–Crippen MR) is 52.4 cm³/mol. The Morgan fingerprint density at radius 1 is 1.08 bits per heavy atom. The van der Waals surface area contributed by atoms with E-state index in [2.05, 4.69) is 4.98 Å². The molecule has 0 saturated carbocycles. The van der Waals surface area contributed by atoms with E-state index in [1.807, 2.05) is 18.2 Å². The van der Waals surface area contributed by atoms with Gasteiger partial charge in [-0.05, 0) is 12.1 Å². The van der Waals surface area contributed by atoms with Gasteiger partial charge in [0, 0.05) is 5.39 Å². The molecular formula is C10H8N2O. The van der Waals surface area contributed by atoms with E-state index in [1.54, 1.807) is 18.2 Å². The lowest BCUT2D eigenvalue weighted by molar-refractivity contribution is 1.33. The van der Waals surface area contributed by atoms with Crippen molar-refractivity contribution in [1.82, 2.24) is 4.98 Å². The summed E-state index contributed by atoms with van der Waals surface area (Å²) in [6.45, 7) is 0. The number of nitrogen functional groups attached to an aromatic ring is 1. The number of rotatable bonds is 0. The van der Waals surface area contributed by atoms with Gasteiger partial charge in [0.1, 0.15) is 0 Å². The van der Waals surface area contributed by atoms with Crippen molar-refractivity contribution in [1.29, 1.82) is 0 Å². The number of fused-ring (bicyclic) bond motifs is 1. The van der Waals surface area contributed by atoms with E-state index >= 15 is 0 Å². The zero-order valence-corrected chi connectivity index (χ0v) is 6.90. The number of nitrogens with two attached hydrogens (primary N) is 1. The number of hydrogen-bond donors (Lipinski definition) is 1. The number of para-hydroxylation sites is 1. The summed E-state index contributed by atoms with van der Waals surface area (Å²) < 4.78 is 0. The number of benzene rings is 1. The molecule has 1 heterocycles. The highest BCUT2D eigenvalue weighted by Gasteiger charge is 1.94. The molecule has 2 N–H and O–H groups in total. The van der Waals surface area contributed by atoms with Crippen LogP contribution in [0, 0.1) is 0 Å². The molecule has 1 aromatic carbocycles. The molecule has 1 aromatic heterocycles. The number of hydrogen-bond acceptors (Lipinski definition) is 3. The van der Waals surface area contributed by atoms with Crippen molar-refractivity contribution < 1.29 is 0 Å². The summed E-state index contributed by atoms with van der Waals surface area (Å²) in [7, 11) is 0. The summed E-state index contributed by atoms with van der Waals surface area (Å²) in [5.41, 5.74) is 5.92. The first kappa shape index (κ1) is 7.73. The van der Waals surface area contributed by atoms with Crippen molar-refractivity contribution in [3.05, 3.63) is 46.8 Å². The second-order valence-electron chi connectivity index (χ2n) is 2.76. The molecule has 13 heavy (non-hydrogen) atoms. The van der Waals surface area contributed by atoms with Gasteiger partial charge in [0.05, 0.1) is 11.2 Å². The minimum absolute atomic E-state index is 0.177. The highest BCUT2D eigenvalue weighted by molar-refractivity contribution is 5.78. The molecule has 0 spiro atoms. The second kappa shape index (κ2) is 2.86. The van der Waals surface area contributed by atoms with Gasteiger partial charge in [0.25, 0.3) is 5.56 Å². The minimum atomic E-state index is -0.374. The fraction of sp³-hybridized carbons (Fsp3) is 0. The normalized spacial score (nSPS) is 10.2. The lowest BCUT2D eigenvalue weighted by Gasteiger charge is -1.86. The fourth-order valence-electron chi connectivity index (χ4n) is 1.16. The molecule has 0 aliphatic carbocycles. The van der Waals surface area contributed by atoms with Crippen molar-refractivity contribution >= 4 is 16.6 Å². The predicted octanol–water partition coefficient (Wildman–Crippen LogP) is 1.18. The van der Waals surface area contributed by atoms with Crippen molar-refractivity contribution in [2.24, 2.45) is 0 Å². The largest absolute Gasteiger partial charge is 0.394 e. The van der Waals surface area contributed by atoms with Crippen LogP contribution < -0.4 is 11.3 Å². The Morgan fingerprint density at radius 2 is 1.85 bits per heavy atom. The Hall–Kier alpha value is -1.90. The van der Waals surface area contributed by atoms with Gasteiger partial charge in [0.15, 0.2) is 0 Å². The van der Waals surface area contributed by atoms with Crippen molar-refractivity contribution in [3.8, 4) is 0 Å². The Balaban J connectivity index is 2.97. The summed E-state index contributed by atoms with van der Waals surface area (Å²) in [6.07, 6.45) is 0. The number of nitrogens with zero attached hydrogens (tertiary/aromatic N) is 1. The van der Waals surface area contributed by atoms with Gasteiger partial charge < -0.3 is 5.73 Å². The third-order valence-corrected chi connectivity index (χ3v) is 1.85. The van der Waals surface area contributed by atoms with Crippen LogP contribution in [0.4, 0.5) is 5.69 Å². The molecule has 0 saturated heterocycles. The molecule has 64 valence electrons. The third kappa shape index (κ3) is 1.36. The van der Waals surface area contributed by atoms with Crippen LogP contribution in [0.3, 0.4) is 0 Å². The lowest BCUT2D eigenvalue weighted by Crippen LogP contribution is -2.07. The van der Waals surface area contributed by atoms with E-state index in [4.69, 9.17) is 5.73 Å². The molecule has 0 amide bonds. The molecule has 0 fully saturated rings. The molecule has 0 aliphatic rings. The van der Waals surface area contributed by atoms with Crippen LogP contribution in [0.1, 0.15) is 0 Å². The van der Waals surface area contributed by atoms with Crippen molar-refractivity contribution in [2.75, 3.05) is 5.73 Å². The average molecular weight is 172 g/mol. The molecule has 0 aliphatic heterocycles. The lowest BCUT2D eigenvalue weighted by atomic mass is 10.2. The first-order chi connectivity index (χ1) is 6.27. The van der Waals surface area contributed by atoms with E-state index in [9.17, 15) is 4.79 Å². The maximum Gasteiger partial charge on any atom is 0.293 e.